The maximum atomic E-state index is 3.44. The molecular formula is C7H9BrS. The SMILES string of the molecule is CCc1ccsc1CBr. The predicted octanol–water partition coefficient (Wildman–Crippen LogP) is 3.21. The fraction of sp³-hybridized carbons (Fsp3) is 0.429. The summed E-state index contributed by atoms with van der Waals surface area (Å²) < 4.78 is 0. The Balaban J connectivity index is 2.85. The quantitative estimate of drug-likeness (QED) is 0.650. The Hall–Kier alpha value is 0.180. The van der Waals surface area contributed by atoms with Crippen molar-refractivity contribution >= 4 is 27.3 Å². The van der Waals surface area contributed by atoms with Gasteiger partial charge < -0.3 is 0 Å². The molecule has 0 aromatic carbocycles. The van der Waals surface area contributed by atoms with Crippen molar-refractivity contribution in [1.82, 2.24) is 0 Å². The second-order valence-corrected chi connectivity index (χ2v) is 3.42. The zero-order valence-electron chi connectivity index (χ0n) is 5.36. The molecule has 0 aliphatic rings. The Morgan fingerprint density at radius 1 is 1.67 bits per heavy atom. The normalized spacial score (nSPS) is 10.0. The molecule has 0 aliphatic carbocycles. The second kappa shape index (κ2) is 3.37. The Morgan fingerprint density at radius 2 is 2.44 bits per heavy atom. The van der Waals surface area contributed by atoms with Crippen LogP contribution in [-0.2, 0) is 11.8 Å². The van der Waals surface area contributed by atoms with E-state index in [-0.39, 0.29) is 0 Å². The zero-order valence-corrected chi connectivity index (χ0v) is 7.76. The van der Waals surface area contributed by atoms with Crippen molar-refractivity contribution in [3.8, 4) is 0 Å². The third kappa shape index (κ3) is 1.55. The second-order valence-electron chi connectivity index (χ2n) is 1.86. The molecular weight excluding hydrogens is 196 g/mol. The summed E-state index contributed by atoms with van der Waals surface area (Å²) in [5, 5.41) is 3.16. The monoisotopic (exact) mass is 204 g/mol. The molecule has 0 saturated carbocycles. The van der Waals surface area contributed by atoms with Crippen molar-refractivity contribution in [2.75, 3.05) is 0 Å². The first-order chi connectivity index (χ1) is 4.38. The fourth-order valence-electron chi connectivity index (χ4n) is 0.799. The number of rotatable bonds is 2. The highest BCUT2D eigenvalue weighted by Crippen LogP contribution is 2.19. The number of alkyl halides is 1. The van der Waals surface area contributed by atoms with Crippen molar-refractivity contribution in [2.24, 2.45) is 0 Å². The molecule has 1 aromatic heterocycles. The number of halogens is 1. The van der Waals surface area contributed by atoms with Gasteiger partial charge in [-0.05, 0) is 23.4 Å². The van der Waals surface area contributed by atoms with E-state index in [9.17, 15) is 0 Å². The molecule has 0 atom stereocenters. The summed E-state index contributed by atoms with van der Waals surface area (Å²) in [6, 6.07) is 2.20. The third-order valence-corrected chi connectivity index (χ3v) is 3.24. The summed E-state index contributed by atoms with van der Waals surface area (Å²) in [6.07, 6.45) is 1.16. The first kappa shape index (κ1) is 7.29. The molecule has 0 bridgehead atoms. The van der Waals surface area contributed by atoms with Crippen molar-refractivity contribution < 1.29 is 0 Å². The summed E-state index contributed by atoms with van der Waals surface area (Å²) >= 11 is 5.27. The van der Waals surface area contributed by atoms with Gasteiger partial charge in [0.15, 0.2) is 0 Å². The summed E-state index contributed by atoms with van der Waals surface area (Å²) in [5.41, 5.74) is 1.48. The van der Waals surface area contributed by atoms with Crippen LogP contribution in [0.3, 0.4) is 0 Å². The van der Waals surface area contributed by atoms with Gasteiger partial charge in [-0.15, -0.1) is 11.3 Å². The standard InChI is InChI=1S/C7H9BrS/c1-2-6-3-4-9-7(6)5-8/h3-4H,2,5H2,1H3. The highest BCUT2D eigenvalue weighted by atomic mass is 79.9. The topological polar surface area (TPSA) is 0 Å². The molecule has 0 N–H and O–H groups in total. The van der Waals surface area contributed by atoms with E-state index in [1.807, 2.05) is 11.3 Å². The van der Waals surface area contributed by atoms with Gasteiger partial charge in [-0.1, -0.05) is 22.9 Å². The highest BCUT2D eigenvalue weighted by Gasteiger charge is 1.97. The number of hydrogen-bond donors (Lipinski definition) is 0. The molecule has 0 aliphatic heterocycles. The first-order valence-electron chi connectivity index (χ1n) is 2.99. The lowest BCUT2D eigenvalue weighted by Crippen LogP contribution is -1.78. The van der Waals surface area contributed by atoms with Crippen molar-refractivity contribution in [3.05, 3.63) is 21.9 Å². The lowest BCUT2D eigenvalue weighted by Gasteiger charge is -1.92. The van der Waals surface area contributed by atoms with Gasteiger partial charge in [-0.2, -0.15) is 0 Å². The summed E-state index contributed by atoms with van der Waals surface area (Å²) in [4.78, 5) is 1.47. The van der Waals surface area contributed by atoms with Crippen LogP contribution in [0.15, 0.2) is 11.4 Å². The molecule has 0 amide bonds. The third-order valence-electron chi connectivity index (χ3n) is 1.34. The predicted molar refractivity (Wildman–Crippen MR) is 46.3 cm³/mol. The average Bonchev–Trinajstić information content (AvgIpc) is 2.33. The molecule has 1 aromatic rings. The van der Waals surface area contributed by atoms with Crippen molar-refractivity contribution in [1.29, 1.82) is 0 Å². The van der Waals surface area contributed by atoms with Crippen LogP contribution in [0, 0.1) is 0 Å². The molecule has 9 heavy (non-hydrogen) atoms. The van der Waals surface area contributed by atoms with Crippen LogP contribution in [0.2, 0.25) is 0 Å². The molecule has 1 rings (SSSR count). The van der Waals surface area contributed by atoms with Crippen LogP contribution in [0.1, 0.15) is 17.4 Å². The molecule has 0 nitrogen and oxygen atoms in total. The van der Waals surface area contributed by atoms with Crippen LogP contribution in [-0.4, -0.2) is 0 Å². The zero-order chi connectivity index (χ0) is 6.69. The van der Waals surface area contributed by atoms with Crippen molar-refractivity contribution in [3.63, 3.8) is 0 Å². The maximum Gasteiger partial charge on any atom is 0.0380 e. The maximum absolute atomic E-state index is 3.44. The number of thiophene rings is 1. The van der Waals surface area contributed by atoms with Gasteiger partial charge in [-0.3, -0.25) is 0 Å². The molecule has 0 unspecified atom stereocenters. The molecule has 50 valence electrons. The van der Waals surface area contributed by atoms with E-state index in [1.165, 1.54) is 10.4 Å². The molecule has 0 spiro atoms. The van der Waals surface area contributed by atoms with E-state index in [2.05, 4.69) is 34.3 Å². The lowest BCUT2D eigenvalue weighted by atomic mass is 10.2. The summed E-state index contributed by atoms with van der Waals surface area (Å²) in [6.45, 7) is 2.19. The lowest BCUT2D eigenvalue weighted by molar-refractivity contribution is 1.13. The molecule has 0 saturated heterocycles. The van der Waals surface area contributed by atoms with Gasteiger partial charge in [0.25, 0.3) is 0 Å². The van der Waals surface area contributed by atoms with E-state index in [0.717, 1.165) is 11.8 Å². The number of aryl methyl sites for hydroxylation is 1. The van der Waals surface area contributed by atoms with Gasteiger partial charge in [0, 0.05) is 10.2 Å². The van der Waals surface area contributed by atoms with E-state index < -0.39 is 0 Å². The van der Waals surface area contributed by atoms with Crippen LogP contribution in [0.4, 0.5) is 0 Å². The van der Waals surface area contributed by atoms with E-state index in [4.69, 9.17) is 0 Å². The molecule has 2 heteroatoms. The van der Waals surface area contributed by atoms with Crippen LogP contribution in [0.25, 0.3) is 0 Å². The smallest absolute Gasteiger partial charge is 0.0380 e. The average molecular weight is 205 g/mol. The van der Waals surface area contributed by atoms with Crippen molar-refractivity contribution in [2.45, 2.75) is 18.7 Å². The van der Waals surface area contributed by atoms with Gasteiger partial charge in [-0.25, -0.2) is 0 Å². The molecule has 1 heterocycles. The Labute approximate surface area is 68.0 Å². The Morgan fingerprint density at radius 3 is 2.89 bits per heavy atom. The van der Waals surface area contributed by atoms with E-state index in [1.54, 1.807) is 0 Å². The highest BCUT2D eigenvalue weighted by molar-refractivity contribution is 9.08. The fourth-order valence-corrected chi connectivity index (χ4v) is 2.38. The van der Waals surface area contributed by atoms with Crippen LogP contribution in [0.5, 0.6) is 0 Å². The summed E-state index contributed by atoms with van der Waals surface area (Å²) in [7, 11) is 0. The van der Waals surface area contributed by atoms with Gasteiger partial charge >= 0.3 is 0 Å². The minimum Gasteiger partial charge on any atom is -0.148 e. The van der Waals surface area contributed by atoms with Gasteiger partial charge in [0.05, 0.1) is 0 Å². The Kier molecular flexibility index (Phi) is 2.73. The Bertz CT molecular complexity index is 162. The number of hydrogen-bond acceptors (Lipinski definition) is 1. The van der Waals surface area contributed by atoms with Crippen LogP contribution >= 0.6 is 27.3 Å². The first-order valence-corrected chi connectivity index (χ1v) is 4.99. The van der Waals surface area contributed by atoms with E-state index in [0.29, 0.717) is 0 Å². The van der Waals surface area contributed by atoms with Gasteiger partial charge in [0.2, 0.25) is 0 Å². The largest absolute Gasteiger partial charge is 0.148 e. The molecule has 0 fully saturated rings. The molecule has 0 radical (unpaired) electrons. The van der Waals surface area contributed by atoms with E-state index >= 15 is 0 Å². The summed E-state index contributed by atoms with van der Waals surface area (Å²) in [5.74, 6) is 0. The van der Waals surface area contributed by atoms with Crippen LogP contribution < -0.4 is 0 Å². The minimum absolute atomic E-state index is 1.01. The van der Waals surface area contributed by atoms with Gasteiger partial charge in [0.1, 0.15) is 0 Å². The minimum atomic E-state index is 1.01.